The summed E-state index contributed by atoms with van der Waals surface area (Å²) in [6.07, 6.45) is 0. The maximum Gasteiger partial charge on any atom is 0.246 e. The Balaban J connectivity index is 1.45. The molecule has 1 aromatic heterocycles. The van der Waals surface area contributed by atoms with Crippen LogP contribution in [0.15, 0.2) is 47.0 Å². The Bertz CT molecular complexity index is 948. The Kier molecular flexibility index (Phi) is 7.19. The summed E-state index contributed by atoms with van der Waals surface area (Å²) in [5.41, 5.74) is 1.74. The SMILES string of the molecule is COc1ccc(-c2noc(CNC(=O)CSCc3ccc(Cl)cc3Cl)n2)cc1. The lowest BCUT2D eigenvalue weighted by molar-refractivity contribution is -0.118. The van der Waals surface area contributed by atoms with Crippen LogP contribution in [0.4, 0.5) is 0 Å². The number of hydrogen-bond acceptors (Lipinski definition) is 6. The fourth-order valence-corrected chi connectivity index (χ4v) is 3.72. The summed E-state index contributed by atoms with van der Waals surface area (Å²) in [7, 11) is 1.60. The Morgan fingerprint density at radius 3 is 2.71 bits per heavy atom. The van der Waals surface area contributed by atoms with Crippen molar-refractivity contribution >= 4 is 40.9 Å². The van der Waals surface area contributed by atoms with Gasteiger partial charge in [-0.3, -0.25) is 4.79 Å². The highest BCUT2D eigenvalue weighted by Gasteiger charge is 2.11. The fraction of sp³-hybridized carbons (Fsp3) is 0.211. The summed E-state index contributed by atoms with van der Waals surface area (Å²) in [6.45, 7) is 0.171. The highest BCUT2D eigenvalue weighted by Crippen LogP contribution is 2.24. The predicted molar refractivity (Wildman–Crippen MR) is 111 cm³/mol. The molecule has 1 N–H and O–H groups in total. The van der Waals surface area contributed by atoms with E-state index in [0.717, 1.165) is 16.9 Å². The largest absolute Gasteiger partial charge is 0.497 e. The number of hydrogen-bond donors (Lipinski definition) is 1. The minimum Gasteiger partial charge on any atom is -0.497 e. The summed E-state index contributed by atoms with van der Waals surface area (Å²) in [6, 6.07) is 12.6. The molecule has 0 saturated carbocycles. The lowest BCUT2D eigenvalue weighted by atomic mass is 10.2. The highest BCUT2D eigenvalue weighted by molar-refractivity contribution is 7.99. The van der Waals surface area contributed by atoms with Crippen LogP contribution in [-0.4, -0.2) is 28.9 Å². The molecule has 28 heavy (non-hydrogen) atoms. The molecule has 0 aliphatic rings. The van der Waals surface area contributed by atoms with Crippen molar-refractivity contribution < 1.29 is 14.1 Å². The summed E-state index contributed by atoms with van der Waals surface area (Å²) in [5.74, 6) is 2.32. The Morgan fingerprint density at radius 1 is 1.21 bits per heavy atom. The molecule has 0 spiro atoms. The summed E-state index contributed by atoms with van der Waals surface area (Å²) >= 11 is 13.5. The molecule has 0 aliphatic heterocycles. The number of ether oxygens (including phenoxy) is 1. The highest BCUT2D eigenvalue weighted by atomic mass is 35.5. The van der Waals surface area contributed by atoms with Gasteiger partial charge >= 0.3 is 0 Å². The first-order chi connectivity index (χ1) is 13.5. The molecule has 9 heteroatoms. The molecule has 2 aromatic carbocycles. The first kappa shape index (κ1) is 20.5. The number of amides is 1. The number of carbonyl (C=O) groups is 1. The number of carbonyl (C=O) groups excluding carboxylic acids is 1. The molecule has 3 rings (SSSR count). The zero-order valence-electron chi connectivity index (χ0n) is 14.9. The van der Waals surface area contributed by atoms with Crippen LogP contribution in [0.1, 0.15) is 11.5 Å². The third kappa shape index (κ3) is 5.64. The van der Waals surface area contributed by atoms with Crippen molar-refractivity contribution in [3.05, 3.63) is 64.0 Å². The molecule has 0 aliphatic carbocycles. The number of nitrogens with zero attached hydrogens (tertiary/aromatic N) is 2. The third-order valence-corrected chi connectivity index (χ3v) is 5.33. The molecule has 1 heterocycles. The number of nitrogens with one attached hydrogen (secondary N) is 1. The van der Waals surface area contributed by atoms with Gasteiger partial charge in [0.1, 0.15) is 5.75 Å². The average molecular weight is 438 g/mol. The van der Waals surface area contributed by atoms with Gasteiger partial charge in [0.15, 0.2) is 0 Å². The van der Waals surface area contributed by atoms with Crippen LogP contribution in [-0.2, 0) is 17.1 Å². The van der Waals surface area contributed by atoms with Gasteiger partial charge in [-0.05, 0) is 42.0 Å². The van der Waals surface area contributed by atoms with Crippen molar-refractivity contribution in [3.63, 3.8) is 0 Å². The van der Waals surface area contributed by atoms with Gasteiger partial charge in [0.05, 0.1) is 19.4 Å². The van der Waals surface area contributed by atoms with E-state index < -0.39 is 0 Å². The molecule has 0 bridgehead atoms. The Labute approximate surface area is 176 Å². The van der Waals surface area contributed by atoms with Crippen LogP contribution in [0.2, 0.25) is 10.0 Å². The van der Waals surface area contributed by atoms with Gasteiger partial charge in [0.2, 0.25) is 17.6 Å². The van der Waals surface area contributed by atoms with E-state index in [9.17, 15) is 4.79 Å². The Hall–Kier alpha value is -2.22. The maximum absolute atomic E-state index is 12.0. The van der Waals surface area contributed by atoms with E-state index >= 15 is 0 Å². The van der Waals surface area contributed by atoms with Crippen LogP contribution in [0.25, 0.3) is 11.4 Å². The van der Waals surface area contributed by atoms with Crippen LogP contribution in [0.5, 0.6) is 5.75 Å². The monoisotopic (exact) mass is 437 g/mol. The van der Waals surface area contributed by atoms with E-state index in [2.05, 4.69) is 15.5 Å². The van der Waals surface area contributed by atoms with Gasteiger partial charge in [-0.25, -0.2) is 0 Å². The lowest BCUT2D eigenvalue weighted by Crippen LogP contribution is -2.24. The molecular weight excluding hydrogens is 421 g/mol. The van der Waals surface area contributed by atoms with Gasteiger partial charge < -0.3 is 14.6 Å². The van der Waals surface area contributed by atoms with Gasteiger partial charge in [-0.1, -0.05) is 34.4 Å². The summed E-state index contributed by atoms with van der Waals surface area (Å²) in [4.78, 5) is 16.3. The second kappa shape index (κ2) is 9.82. The van der Waals surface area contributed by atoms with Crippen molar-refractivity contribution in [1.29, 1.82) is 0 Å². The van der Waals surface area contributed by atoms with E-state index in [1.165, 1.54) is 11.8 Å². The van der Waals surface area contributed by atoms with Crippen molar-refractivity contribution in [2.45, 2.75) is 12.3 Å². The molecule has 0 atom stereocenters. The third-order valence-electron chi connectivity index (χ3n) is 3.76. The van der Waals surface area contributed by atoms with E-state index in [0.29, 0.717) is 33.3 Å². The number of benzene rings is 2. The fourth-order valence-electron chi connectivity index (χ4n) is 2.30. The van der Waals surface area contributed by atoms with Crippen LogP contribution >= 0.6 is 35.0 Å². The second-order valence-corrected chi connectivity index (χ2v) is 7.57. The van der Waals surface area contributed by atoms with Gasteiger partial charge in [0, 0.05) is 21.4 Å². The van der Waals surface area contributed by atoms with E-state index in [-0.39, 0.29) is 12.5 Å². The number of rotatable bonds is 8. The molecule has 0 fully saturated rings. The topological polar surface area (TPSA) is 77.3 Å². The summed E-state index contributed by atoms with van der Waals surface area (Å²) < 4.78 is 10.3. The normalized spacial score (nSPS) is 10.7. The standard InChI is InChI=1S/C19H17Cl2N3O3S/c1-26-15-6-3-12(4-7-15)19-23-18(27-24-19)9-22-17(25)11-28-10-13-2-5-14(20)8-16(13)21/h2-8H,9-11H2,1H3,(H,22,25). The minimum absolute atomic E-state index is 0.126. The number of aromatic nitrogens is 2. The van der Waals surface area contributed by atoms with Gasteiger partial charge in [0.25, 0.3) is 0 Å². The molecule has 3 aromatic rings. The number of halogens is 2. The Morgan fingerprint density at radius 2 is 2.00 bits per heavy atom. The summed E-state index contributed by atoms with van der Waals surface area (Å²) in [5, 5.41) is 7.87. The number of methoxy groups -OCH3 is 1. The lowest BCUT2D eigenvalue weighted by Gasteiger charge is -2.05. The first-order valence-electron chi connectivity index (χ1n) is 8.30. The van der Waals surface area contributed by atoms with Crippen molar-refractivity contribution in [2.24, 2.45) is 0 Å². The van der Waals surface area contributed by atoms with Crippen molar-refractivity contribution in [3.8, 4) is 17.1 Å². The minimum atomic E-state index is -0.126. The quantitative estimate of drug-likeness (QED) is 0.554. The van der Waals surface area contributed by atoms with Gasteiger partial charge in [-0.15, -0.1) is 11.8 Å². The zero-order chi connectivity index (χ0) is 19.9. The van der Waals surface area contributed by atoms with Crippen LogP contribution in [0, 0.1) is 0 Å². The van der Waals surface area contributed by atoms with E-state index in [4.69, 9.17) is 32.5 Å². The molecular formula is C19H17Cl2N3O3S. The molecule has 0 saturated heterocycles. The van der Waals surface area contributed by atoms with E-state index in [1.807, 2.05) is 30.3 Å². The molecule has 1 amide bonds. The average Bonchev–Trinajstić information content (AvgIpc) is 3.17. The molecule has 146 valence electrons. The van der Waals surface area contributed by atoms with Crippen molar-refractivity contribution in [1.82, 2.24) is 15.5 Å². The smallest absolute Gasteiger partial charge is 0.246 e. The van der Waals surface area contributed by atoms with E-state index in [1.54, 1.807) is 19.2 Å². The molecule has 6 nitrogen and oxygen atoms in total. The van der Waals surface area contributed by atoms with Crippen LogP contribution < -0.4 is 10.1 Å². The second-order valence-electron chi connectivity index (χ2n) is 5.75. The zero-order valence-corrected chi connectivity index (χ0v) is 17.3. The first-order valence-corrected chi connectivity index (χ1v) is 10.2. The maximum atomic E-state index is 12.0. The molecule has 0 unspecified atom stereocenters. The molecule has 0 radical (unpaired) electrons. The van der Waals surface area contributed by atoms with Crippen molar-refractivity contribution in [2.75, 3.05) is 12.9 Å². The van der Waals surface area contributed by atoms with Crippen LogP contribution in [0.3, 0.4) is 0 Å². The number of thioether (sulfide) groups is 1. The van der Waals surface area contributed by atoms with Gasteiger partial charge in [-0.2, -0.15) is 4.98 Å². The predicted octanol–water partition coefficient (Wildman–Crippen LogP) is 4.60.